The lowest BCUT2D eigenvalue weighted by Gasteiger charge is -2.16. The molecular weight excluding hydrogens is 232 g/mol. The van der Waals surface area contributed by atoms with Gasteiger partial charge in [0, 0.05) is 5.92 Å². The average Bonchev–Trinajstić information content (AvgIpc) is 2.35. The summed E-state index contributed by atoms with van der Waals surface area (Å²) in [5, 5.41) is 8.95. The monoisotopic (exact) mass is 250 g/mol. The molecule has 1 rings (SSSR count). The van der Waals surface area contributed by atoms with E-state index in [1.807, 2.05) is 13.0 Å². The Hall–Kier alpha value is -1.84. The summed E-state index contributed by atoms with van der Waals surface area (Å²) in [6.07, 6.45) is 0. The first-order valence-electron chi connectivity index (χ1n) is 5.80. The van der Waals surface area contributed by atoms with Gasteiger partial charge < -0.3 is 9.84 Å². The lowest BCUT2D eigenvalue weighted by atomic mass is 9.87. The molecule has 0 aliphatic heterocycles. The topological polar surface area (TPSA) is 63.6 Å². The maximum Gasteiger partial charge on any atom is 0.306 e. The fourth-order valence-electron chi connectivity index (χ4n) is 1.70. The SMILES string of the molecule is COc1ccc(C)cc1C(=O)C(C)C(C)C(=O)O. The Morgan fingerprint density at radius 2 is 1.83 bits per heavy atom. The highest BCUT2D eigenvalue weighted by atomic mass is 16.5. The van der Waals surface area contributed by atoms with Crippen molar-refractivity contribution < 1.29 is 19.4 Å². The number of carbonyl (C=O) groups is 2. The number of carboxylic acids is 1. The van der Waals surface area contributed by atoms with Crippen molar-refractivity contribution in [3.63, 3.8) is 0 Å². The van der Waals surface area contributed by atoms with E-state index in [4.69, 9.17) is 9.84 Å². The number of hydrogen-bond donors (Lipinski definition) is 1. The van der Waals surface area contributed by atoms with Crippen molar-refractivity contribution in [1.29, 1.82) is 0 Å². The fourth-order valence-corrected chi connectivity index (χ4v) is 1.70. The Bertz CT molecular complexity index is 465. The maximum absolute atomic E-state index is 12.3. The summed E-state index contributed by atoms with van der Waals surface area (Å²) in [4.78, 5) is 23.2. The van der Waals surface area contributed by atoms with Crippen LogP contribution in [-0.4, -0.2) is 24.0 Å². The third-order valence-electron chi connectivity index (χ3n) is 3.17. The Balaban J connectivity index is 3.10. The van der Waals surface area contributed by atoms with E-state index in [9.17, 15) is 9.59 Å². The number of methoxy groups -OCH3 is 1. The normalized spacial score (nSPS) is 13.8. The van der Waals surface area contributed by atoms with Crippen LogP contribution >= 0.6 is 0 Å². The van der Waals surface area contributed by atoms with E-state index in [1.165, 1.54) is 14.0 Å². The van der Waals surface area contributed by atoms with Crippen LogP contribution < -0.4 is 4.74 Å². The number of Topliss-reactive ketones (excluding diaryl/α,β-unsaturated/α-hetero) is 1. The quantitative estimate of drug-likeness (QED) is 0.816. The van der Waals surface area contributed by atoms with Crippen LogP contribution in [-0.2, 0) is 4.79 Å². The smallest absolute Gasteiger partial charge is 0.306 e. The minimum atomic E-state index is -0.970. The van der Waals surface area contributed by atoms with Crippen LogP contribution in [0.15, 0.2) is 18.2 Å². The molecule has 18 heavy (non-hydrogen) atoms. The van der Waals surface area contributed by atoms with Crippen LogP contribution in [0.1, 0.15) is 29.8 Å². The summed E-state index contributed by atoms with van der Waals surface area (Å²) in [7, 11) is 1.49. The first-order valence-corrected chi connectivity index (χ1v) is 5.80. The summed E-state index contributed by atoms with van der Waals surface area (Å²) < 4.78 is 5.14. The number of aliphatic carboxylic acids is 1. The van der Waals surface area contributed by atoms with Crippen LogP contribution in [0.2, 0.25) is 0 Å². The number of hydrogen-bond acceptors (Lipinski definition) is 3. The van der Waals surface area contributed by atoms with Crippen molar-refractivity contribution in [2.75, 3.05) is 7.11 Å². The van der Waals surface area contributed by atoms with Crippen molar-refractivity contribution in [2.45, 2.75) is 20.8 Å². The minimum absolute atomic E-state index is 0.203. The molecule has 0 heterocycles. The molecular formula is C14H18O4. The molecule has 0 radical (unpaired) electrons. The highest BCUT2D eigenvalue weighted by Crippen LogP contribution is 2.25. The van der Waals surface area contributed by atoms with Gasteiger partial charge in [-0.15, -0.1) is 0 Å². The maximum atomic E-state index is 12.3. The van der Waals surface area contributed by atoms with Crippen molar-refractivity contribution >= 4 is 11.8 Å². The molecule has 4 nitrogen and oxygen atoms in total. The van der Waals surface area contributed by atoms with Crippen molar-refractivity contribution in [1.82, 2.24) is 0 Å². The largest absolute Gasteiger partial charge is 0.496 e. The predicted octanol–water partition coefficient (Wildman–Crippen LogP) is 2.54. The van der Waals surface area contributed by atoms with Gasteiger partial charge in [-0.1, -0.05) is 25.5 Å². The molecule has 4 heteroatoms. The average molecular weight is 250 g/mol. The van der Waals surface area contributed by atoms with E-state index in [2.05, 4.69) is 0 Å². The zero-order valence-electron chi connectivity index (χ0n) is 11.1. The molecule has 0 spiro atoms. The molecule has 1 aromatic rings. The van der Waals surface area contributed by atoms with Crippen LogP contribution in [0, 0.1) is 18.8 Å². The van der Waals surface area contributed by atoms with Crippen LogP contribution in [0.3, 0.4) is 0 Å². The molecule has 0 saturated carbocycles. The predicted molar refractivity (Wildman–Crippen MR) is 68.0 cm³/mol. The Morgan fingerprint density at radius 3 is 2.33 bits per heavy atom. The lowest BCUT2D eigenvalue weighted by molar-refractivity contribution is -0.142. The van der Waals surface area contributed by atoms with Gasteiger partial charge in [-0.3, -0.25) is 9.59 Å². The molecule has 0 aliphatic rings. The van der Waals surface area contributed by atoms with Gasteiger partial charge in [-0.25, -0.2) is 0 Å². The number of carbonyl (C=O) groups excluding carboxylic acids is 1. The van der Waals surface area contributed by atoms with Gasteiger partial charge in [0.1, 0.15) is 5.75 Å². The highest BCUT2D eigenvalue weighted by molar-refractivity contribution is 6.01. The van der Waals surface area contributed by atoms with Crippen LogP contribution in [0.25, 0.3) is 0 Å². The third-order valence-corrected chi connectivity index (χ3v) is 3.17. The zero-order valence-corrected chi connectivity index (χ0v) is 11.1. The number of aryl methyl sites for hydroxylation is 1. The van der Waals surface area contributed by atoms with E-state index in [-0.39, 0.29) is 5.78 Å². The first-order chi connectivity index (χ1) is 8.38. The van der Waals surface area contributed by atoms with Gasteiger partial charge in [0.05, 0.1) is 18.6 Å². The Labute approximate surface area is 107 Å². The summed E-state index contributed by atoms with van der Waals surface area (Å²) in [5.41, 5.74) is 1.38. The van der Waals surface area contributed by atoms with Gasteiger partial charge in [0.25, 0.3) is 0 Å². The van der Waals surface area contributed by atoms with E-state index in [0.29, 0.717) is 11.3 Å². The molecule has 0 aliphatic carbocycles. The molecule has 0 fully saturated rings. The minimum Gasteiger partial charge on any atom is -0.496 e. The number of rotatable bonds is 5. The molecule has 0 aromatic heterocycles. The molecule has 0 bridgehead atoms. The second kappa shape index (κ2) is 5.67. The number of carboxylic acid groups (broad SMARTS) is 1. The standard InChI is InChI=1S/C14H18O4/c1-8-5-6-12(18-4)11(7-8)13(15)9(2)10(3)14(16)17/h5-7,9-10H,1-4H3,(H,16,17). The molecule has 2 unspecified atom stereocenters. The van der Waals surface area contributed by atoms with E-state index < -0.39 is 17.8 Å². The molecule has 98 valence electrons. The number of ether oxygens (including phenoxy) is 1. The Kier molecular flexibility index (Phi) is 4.48. The van der Waals surface area contributed by atoms with Crippen molar-refractivity contribution in [3.05, 3.63) is 29.3 Å². The molecule has 1 aromatic carbocycles. The van der Waals surface area contributed by atoms with Gasteiger partial charge in [0.15, 0.2) is 5.78 Å². The number of benzene rings is 1. The van der Waals surface area contributed by atoms with Crippen molar-refractivity contribution in [2.24, 2.45) is 11.8 Å². The van der Waals surface area contributed by atoms with Crippen LogP contribution in [0.4, 0.5) is 0 Å². The summed E-state index contributed by atoms with van der Waals surface area (Å²) in [6.45, 7) is 5.04. The van der Waals surface area contributed by atoms with E-state index >= 15 is 0 Å². The molecule has 2 atom stereocenters. The summed E-state index contributed by atoms with van der Waals surface area (Å²) in [6, 6.07) is 5.30. The van der Waals surface area contributed by atoms with E-state index in [1.54, 1.807) is 19.1 Å². The summed E-state index contributed by atoms with van der Waals surface area (Å²) in [5.74, 6) is -2.00. The van der Waals surface area contributed by atoms with Gasteiger partial charge in [0.2, 0.25) is 0 Å². The van der Waals surface area contributed by atoms with Crippen molar-refractivity contribution in [3.8, 4) is 5.75 Å². The van der Waals surface area contributed by atoms with Crippen LogP contribution in [0.5, 0.6) is 5.75 Å². The third kappa shape index (κ3) is 2.88. The fraction of sp³-hybridized carbons (Fsp3) is 0.429. The number of ketones is 1. The second-order valence-corrected chi connectivity index (χ2v) is 4.48. The Morgan fingerprint density at radius 1 is 1.22 bits per heavy atom. The van der Waals surface area contributed by atoms with Gasteiger partial charge >= 0.3 is 5.97 Å². The zero-order chi connectivity index (χ0) is 13.9. The molecule has 0 amide bonds. The summed E-state index contributed by atoms with van der Waals surface area (Å²) >= 11 is 0. The molecule has 0 saturated heterocycles. The van der Waals surface area contributed by atoms with E-state index in [0.717, 1.165) is 5.56 Å². The highest BCUT2D eigenvalue weighted by Gasteiger charge is 2.28. The van der Waals surface area contributed by atoms with Gasteiger partial charge in [-0.2, -0.15) is 0 Å². The second-order valence-electron chi connectivity index (χ2n) is 4.48. The lowest BCUT2D eigenvalue weighted by Crippen LogP contribution is -2.25. The first kappa shape index (κ1) is 14.2. The van der Waals surface area contributed by atoms with Gasteiger partial charge in [-0.05, 0) is 19.1 Å². The molecule has 1 N–H and O–H groups in total.